The zero-order valence-corrected chi connectivity index (χ0v) is 103. The Bertz CT molecular complexity index is 4180. The summed E-state index contributed by atoms with van der Waals surface area (Å²) in [6.45, 7) is 107. The Balaban J connectivity index is 0.000000238. The van der Waals surface area contributed by atoms with Crippen LogP contribution in [0, 0.1) is 58.2 Å². The molecular weight excluding hydrogens is 1810 g/mol. The number of benzene rings is 2. The first kappa shape index (κ1) is 129. The number of nitrogens with zero attached hydrogens (tertiary/aromatic N) is 12. The summed E-state index contributed by atoms with van der Waals surface area (Å²) in [5, 5.41) is 16.8. The molecule has 0 spiro atoms. The lowest BCUT2D eigenvalue weighted by molar-refractivity contribution is 0.0690. The number of piperazine rings is 1. The van der Waals surface area contributed by atoms with E-state index in [4.69, 9.17) is 0 Å². The monoisotopic (exact) mass is 2040 g/mol. The molecule has 20 rings (SSSR count). The number of aromatic nitrogens is 5. The first-order valence-corrected chi connectivity index (χ1v) is 60.8. The number of hydrogen-bond acceptors (Lipinski definition) is 16. The number of nitrogens with one attached hydrogen (secondary N) is 3. The van der Waals surface area contributed by atoms with Crippen LogP contribution in [0.4, 0.5) is 5.69 Å². The number of pyridine rings is 1. The van der Waals surface area contributed by atoms with E-state index in [1.54, 1.807) is 28.9 Å². The Hall–Kier alpha value is -4.79. The summed E-state index contributed by atoms with van der Waals surface area (Å²) < 4.78 is 0. The van der Waals surface area contributed by atoms with Gasteiger partial charge in [0.2, 0.25) is 0 Å². The van der Waals surface area contributed by atoms with Crippen molar-refractivity contribution in [3.8, 4) is 0 Å². The zero-order valence-electron chi connectivity index (χ0n) is 101. The van der Waals surface area contributed by atoms with Gasteiger partial charge in [0.15, 0.2) is 0 Å². The van der Waals surface area contributed by atoms with Crippen molar-refractivity contribution >= 4 is 45.5 Å². The van der Waals surface area contributed by atoms with Gasteiger partial charge in [0, 0.05) is 181 Å². The quantitative estimate of drug-likeness (QED) is 0.141. The highest BCUT2D eigenvalue weighted by molar-refractivity contribution is 7.09. The van der Waals surface area contributed by atoms with Gasteiger partial charge in [0.1, 0.15) is 0 Å². The van der Waals surface area contributed by atoms with Crippen LogP contribution in [0.5, 0.6) is 0 Å². The molecular formula is C128H229N15S2. The summed E-state index contributed by atoms with van der Waals surface area (Å²) in [5.41, 5.74) is 17.2. The van der Waals surface area contributed by atoms with Gasteiger partial charge < -0.3 is 20.4 Å². The molecule has 4 aromatic heterocycles. The number of anilines is 1. The largest absolute Gasteiger partial charge is 0.384 e. The molecule has 0 amide bonds. The summed E-state index contributed by atoms with van der Waals surface area (Å²) >= 11 is 3.38. The highest BCUT2D eigenvalue weighted by Crippen LogP contribution is 2.46. The molecule has 6 atom stereocenters. The van der Waals surface area contributed by atoms with Crippen molar-refractivity contribution in [3.05, 3.63) is 134 Å². The first-order chi connectivity index (χ1) is 67.8. The number of aromatic amines is 1. The van der Waals surface area contributed by atoms with Crippen LogP contribution in [0.15, 0.2) is 106 Å². The van der Waals surface area contributed by atoms with Crippen molar-refractivity contribution < 1.29 is 0 Å². The van der Waals surface area contributed by atoms with Crippen LogP contribution in [0.1, 0.15) is 467 Å². The fourth-order valence-electron chi connectivity index (χ4n) is 22.0. The molecule has 14 aliphatic rings. The van der Waals surface area contributed by atoms with Gasteiger partial charge in [-0.15, -0.1) is 22.7 Å². The Morgan fingerprint density at radius 2 is 0.979 bits per heavy atom. The Kier molecular flexibility index (Phi) is 55.6. The van der Waals surface area contributed by atoms with Crippen molar-refractivity contribution in [2.24, 2.45) is 63.2 Å². The van der Waals surface area contributed by atoms with E-state index in [2.05, 4.69) is 392 Å². The Morgan fingerprint density at radius 3 is 1.33 bits per heavy atom. The first-order valence-electron chi connectivity index (χ1n) is 59.0. The van der Waals surface area contributed by atoms with Gasteiger partial charge in [-0.3, -0.25) is 44.6 Å². The summed E-state index contributed by atoms with van der Waals surface area (Å²) in [6, 6.07) is 21.7. The summed E-state index contributed by atoms with van der Waals surface area (Å²) in [5.74, 6) is 10.7. The predicted octanol–water partition coefficient (Wildman–Crippen LogP) is 33.3. The molecule has 3 N–H and O–H groups in total. The number of fused-ring (bicyclic) bond motifs is 7. The molecule has 12 fully saturated rings. The predicted molar refractivity (Wildman–Crippen MR) is 641 cm³/mol. The van der Waals surface area contributed by atoms with Gasteiger partial charge in [-0.1, -0.05) is 219 Å². The third kappa shape index (κ3) is 49.0. The smallest absolute Gasteiger partial charge is 0.0794 e. The number of H-pyrrole nitrogens is 1. The molecule has 145 heavy (non-hydrogen) atoms. The van der Waals surface area contributed by atoms with Crippen molar-refractivity contribution in [1.29, 1.82) is 0 Å². The minimum Gasteiger partial charge on any atom is -0.384 e. The fourth-order valence-corrected chi connectivity index (χ4v) is 23.3. The molecule has 13 heterocycles. The molecule has 7 saturated heterocycles. The van der Waals surface area contributed by atoms with Gasteiger partial charge in [0.05, 0.1) is 22.2 Å². The minimum atomic E-state index is 0.243. The molecule has 4 bridgehead atoms. The third-order valence-corrected chi connectivity index (χ3v) is 34.1. The van der Waals surface area contributed by atoms with E-state index >= 15 is 0 Å². The van der Waals surface area contributed by atoms with Gasteiger partial charge in [-0.2, -0.15) is 5.10 Å². The van der Waals surface area contributed by atoms with E-state index in [1.165, 1.54) is 282 Å². The standard InChI is InChI=1S/C12H17N.C12H13N.C11H21N.C10H19N.C10H20.C9H19N.C8H18N2.C8H15N.C8H13N.C8H16.2C7H15N.C6H10N2.2C6H9NS/c1-12(2,3)10-4-5-11-9(8-10)6-7-13-11;1-9(2)10-5-3-7-12-11(10)6-4-8-13-12;1-11(2,3)12-7-9-4-5-10(6-9)8-12;1-10(2,3)11-7-8-4-5-9(11)6-8;1-10(2,3)9-7-5-4-6-8-9;1-9(2,3)10-7-5-4-6-8-10;1-8(2,3)10-6-4-9-5-7-10;1-6(2)9-4-7-3-8(7)5-9;1-8(2,3)7-5-4-6-9-7;1-7(2)8-5-3-4-6-8;1-7(2,3)8-5-4-6-8;1-7(2)8-5-3-4-6-8;1-5(2)6-3-4-7-8-6;1-5(2)6-3-8-4-7-6;1-5(2)6-3-7-4-8-6/h4-5,8,13H,6-7H2,1-3H3;3-9H,1-2H3;9-10H,4-8H2,1-3H3;8-9H,4-7H2,1-3H3;9H,4-8H2,1-3H3;4-8H2,1-3H3;9H,4-7H2,1-3H3;6-8H,3-5H2,1-2H3;5-6H,4H2,1-3H3;7-8H,3-6H2,1-2H3;4-6H2,1-3H3;7H,3-6H2,1-2H3;3-5H,1-2H3,(H,7,8);2*3-5H,1-2H3. The molecule has 5 saturated carbocycles. The van der Waals surface area contributed by atoms with Gasteiger partial charge in [-0.05, 0) is 390 Å². The zero-order chi connectivity index (χ0) is 108. The molecule has 9 aliphatic heterocycles. The third-order valence-electron chi connectivity index (χ3n) is 32.4. The van der Waals surface area contributed by atoms with Crippen molar-refractivity contribution in [2.75, 3.05) is 110 Å². The topological polar surface area (TPSA) is 126 Å². The van der Waals surface area contributed by atoms with Crippen LogP contribution in [0.3, 0.4) is 0 Å². The lowest BCUT2D eigenvalue weighted by Crippen LogP contribution is -2.51. The molecule has 15 nitrogen and oxygen atoms in total. The lowest BCUT2D eigenvalue weighted by Gasteiger charge is -2.42. The average Bonchev–Trinajstić information content (AvgIpc) is 1.64. The second-order valence-corrected chi connectivity index (χ2v) is 56.7. The number of thiazole rings is 2. The SMILES string of the molecule is CC(C)(C)C1=CCC=N1.CC(C)(C)C1CCCCC1.CC(C)(C)N1CC2CCC(C2)C1.CC(C)(C)N1CC2CCC1C2.CC(C)(C)N1CCC1.CC(C)(C)N1CCCCC1.CC(C)(C)N1CCNCC1.CC(C)(C)c1ccc2c(c1)CCN2.CC(C)C1CCCC1.CC(C)N1CC2CC2C1.CC(C)N1CCCC1.CC(C)c1cccc2ncccc12.CC(C)c1ccn[nH]1.CC(C)c1cncs1.CC(C)c1cscn1. The van der Waals surface area contributed by atoms with Crippen molar-refractivity contribution in [2.45, 2.75) is 492 Å². The van der Waals surface area contributed by atoms with Crippen molar-refractivity contribution in [3.63, 3.8) is 0 Å². The molecule has 0 radical (unpaired) electrons. The number of aliphatic imine (C=N–C) groups is 1. The van der Waals surface area contributed by atoms with Crippen LogP contribution in [-0.2, 0) is 11.8 Å². The minimum absolute atomic E-state index is 0.243. The van der Waals surface area contributed by atoms with Crippen LogP contribution < -0.4 is 10.6 Å². The van der Waals surface area contributed by atoms with Crippen LogP contribution in [-0.4, -0.2) is 216 Å². The maximum atomic E-state index is 4.32. The number of rotatable bonds is 7. The van der Waals surface area contributed by atoms with E-state index in [0.717, 1.165) is 97.0 Å². The number of allylic oxidation sites excluding steroid dienone is 2. The van der Waals surface area contributed by atoms with Gasteiger partial charge in [-0.25, -0.2) is 4.98 Å². The van der Waals surface area contributed by atoms with Crippen LogP contribution in [0.25, 0.3) is 10.9 Å². The van der Waals surface area contributed by atoms with E-state index in [9.17, 15) is 0 Å². The molecule has 2 aromatic carbocycles. The Morgan fingerprint density at radius 1 is 0.434 bits per heavy atom. The van der Waals surface area contributed by atoms with Gasteiger partial charge >= 0.3 is 0 Å². The number of hydrogen-bond donors (Lipinski definition) is 3. The molecule has 17 heteroatoms. The summed E-state index contributed by atoms with van der Waals surface area (Å²) in [4.78, 5) is 36.1. The normalized spacial score (nSPS) is 22.4. The molecule has 5 aliphatic carbocycles. The van der Waals surface area contributed by atoms with Gasteiger partial charge in [0.25, 0.3) is 0 Å². The summed E-state index contributed by atoms with van der Waals surface area (Å²) in [7, 11) is 0. The molecule has 6 aromatic rings. The summed E-state index contributed by atoms with van der Waals surface area (Å²) in [6.07, 6.45) is 44.2. The number of likely N-dealkylation sites (tertiary alicyclic amines) is 6. The highest BCUT2D eigenvalue weighted by Gasteiger charge is 2.46. The second kappa shape index (κ2) is 62.5. The lowest BCUT2D eigenvalue weighted by atomic mass is 9.72. The van der Waals surface area contributed by atoms with E-state index < -0.39 is 0 Å². The van der Waals surface area contributed by atoms with Crippen LogP contribution in [0.2, 0.25) is 0 Å². The Labute approximate surface area is 903 Å². The maximum Gasteiger partial charge on any atom is 0.0794 e. The molecule has 6 unspecified atom stereocenters. The van der Waals surface area contributed by atoms with Crippen molar-refractivity contribution in [1.82, 2.24) is 64.8 Å². The average molecular weight is 2040 g/mol. The van der Waals surface area contributed by atoms with E-state index in [-0.39, 0.29) is 10.8 Å². The van der Waals surface area contributed by atoms with Crippen LogP contribution >= 0.6 is 22.7 Å². The van der Waals surface area contributed by atoms with E-state index in [1.807, 2.05) is 41.8 Å². The highest BCUT2D eigenvalue weighted by atomic mass is 32.1. The molecule has 828 valence electrons. The maximum absolute atomic E-state index is 4.32. The second-order valence-electron chi connectivity index (χ2n) is 55.1. The number of piperidine rings is 4. The fraction of sp³-hybridized carbons (Fsp3) is 0.789. The van der Waals surface area contributed by atoms with E-state index in [0.29, 0.717) is 56.8 Å².